The summed E-state index contributed by atoms with van der Waals surface area (Å²) in [5, 5.41) is 3.60. The molecule has 0 spiro atoms. The highest BCUT2D eigenvalue weighted by Gasteiger charge is 2.33. The Morgan fingerprint density at radius 3 is 2.32 bits per heavy atom. The minimum Gasteiger partial charge on any atom is -0.352 e. The molecule has 10 heteroatoms. The third-order valence-electron chi connectivity index (χ3n) is 6.68. The molecule has 0 heterocycles. The number of carbonyl (C=O) groups is 2. The molecule has 202 valence electrons. The van der Waals surface area contributed by atoms with Crippen LogP contribution in [0.1, 0.15) is 51.0 Å². The zero-order valence-electron chi connectivity index (χ0n) is 21.3. The number of amides is 2. The van der Waals surface area contributed by atoms with E-state index >= 15 is 0 Å². The summed E-state index contributed by atoms with van der Waals surface area (Å²) in [7, 11) is -3.87. The van der Waals surface area contributed by atoms with Gasteiger partial charge in [0, 0.05) is 17.6 Å². The van der Waals surface area contributed by atoms with E-state index in [4.69, 9.17) is 23.2 Å². The Kier molecular flexibility index (Phi) is 10.7. The molecule has 0 radical (unpaired) electrons. The van der Waals surface area contributed by atoms with Crippen LogP contribution in [0.3, 0.4) is 0 Å². The molecule has 2 aromatic rings. The van der Waals surface area contributed by atoms with Crippen LogP contribution in [0.5, 0.6) is 0 Å². The Labute approximate surface area is 230 Å². The van der Waals surface area contributed by atoms with Gasteiger partial charge >= 0.3 is 0 Å². The van der Waals surface area contributed by atoms with Crippen LogP contribution >= 0.6 is 23.2 Å². The minimum absolute atomic E-state index is 0.0989. The number of benzene rings is 2. The number of rotatable bonds is 11. The molecule has 1 fully saturated rings. The van der Waals surface area contributed by atoms with Gasteiger partial charge in [-0.05, 0) is 49.4 Å². The zero-order chi connectivity index (χ0) is 27.0. The normalized spacial score (nSPS) is 15.1. The van der Waals surface area contributed by atoms with Crippen LogP contribution < -0.4 is 9.62 Å². The van der Waals surface area contributed by atoms with Crippen molar-refractivity contribution >= 4 is 50.7 Å². The molecule has 2 amide bonds. The Hall–Kier alpha value is -2.29. The van der Waals surface area contributed by atoms with Gasteiger partial charge in [-0.1, -0.05) is 79.7 Å². The highest BCUT2D eigenvalue weighted by atomic mass is 35.5. The van der Waals surface area contributed by atoms with E-state index in [2.05, 4.69) is 5.32 Å². The number of nitrogens with one attached hydrogen (secondary N) is 1. The number of hydrogen-bond acceptors (Lipinski definition) is 4. The quantitative estimate of drug-likeness (QED) is 0.411. The van der Waals surface area contributed by atoms with Gasteiger partial charge in [0.25, 0.3) is 0 Å². The summed E-state index contributed by atoms with van der Waals surface area (Å²) in [5.74, 6) is -0.677. The van der Waals surface area contributed by atoms with Crippen LogP contribution in [0.4, 0.5) is 5.69 Å². The molecule has 1 aliphatic rings. The molecule has 3 rings (SSSR count). The maximum Gasteiger partial charge on any atom is 0.244 e. The monoisotopic (exact) mass is 567 g/mol. The van der Waals surface area contributed by atoms with Crippen molar-refractivity contribution in [3.63, 3.8) is 0 Å². The first kappa shape index (κ1) is 29.3. The van der Waals surface area contributed by atoms with E-state index in [1.54, 1.807) is 0 Å². The summed E-state index contributed by atoms with van der Waals surface area (Å²) in [6.45, 7) is 1.64. The minimum atomic E-state index is -3.87. The summed E-state index contributed by atoms with van der Waals surface area (Å²) in [4.78, 5) is 28.6. The third kappa shape index (κ3) is 8.35. The van der Waals surface area contributed by atoms with Gasteiger partial charge in [-0.15, -0.1) is 0 Å². The van der Waals surface area contributed by atoms with Crippen LogP contribution in [0.2, 0.25) is 10.0 Å². The summed E-state index contributed by atoms with van der Waals surface area (Å²) in [6.07, 6.45) is 7.12. The van der Waals surface area contributed by atoms with Crippen molar-refractivity contribution in [2.75, 3.05) is 23.7 Å². The fourth-order valence-electron chi connectivity index (χ4n) is 4.72. The van der Waals surface area contributed by atoms with Crippen molar-refractivity contribution in [3.05, 3.63) is 64.1 Å². The van der Waals surface area contributed by atoms with Crippen LogP contribution in [-0.4, -0.2) is 56.6 Å². The van der Waals surface area contributed by atoms with Crippen molar-refractivity contribution in [3.8, 4) is 0 Å². The average molecular weight is 569 g/mol. The second-order valence-electron chi connectivity index (χ2n) is 9.46. The molecule has 0 unspecified atom stereocenters. The maximum absolute atomic E-state index is 13.7. The van der Waals surface area contributed by atoms with Gasteiger partial charge in [-0.2, -0.15) is 0 Å². The highest BCUT2D eigenvalue weighted by Crippen LogP contribution is 2.30. The molecule has 1 saturated carbocycles. The second-order valence-corrected chi connectivity index (χ2v) is 12.2. The number of halogens is 2. The van der Waals surface area contributed by atoms with E-state index in [9.17, 15) is 18.0 Å². The molecule has 1 aliphatic carbocycles. The molecular formula is C27H35Cl2N3O4S. The van der Waals surface area contributed by atoms with Crippen LogP contribution in [0.25, 0.3) is 0 Å². The van der Waals surface area contributed by atoms with Crippen molar-refractivity contribution in [2.24, 2.45) is 0 Å². The number of anilines is 1. The molecule has 37 heavy (non-hydrogen) atoms. The number of sulfonamides is 1. The lowest BCUT2D eigenvalue weighted by Crippen LogP contribution is -2.54. The topological polar surface area (TPSA) is 86.8 Å². The van der Waals surface area contributed by atoms with Gasteiger partial charge < -0.3 is 10.2 Å². The van der Waals surface area contributed by atoms with E-state index < -0.39 is 28.5 Å². The van der Waals surface area contributed by atoms with Crippen LogP contribution in [0, 0.1) is 0 Å². The number of carbonyl (C=O) groups excluding carboxylic acids is 2. The molecule has 0 aromatic heterocycles. The largest absolute Gasteiger partial charge is 0.352 e. The van der Waals surface area contributed by atoms with E-state index in [0.717, 1.165) is 41.8 Å². The summed E-state index contributed by atoms with van der Waals surface area (Å²) >= 11 is 12.3. The standard InChI is InChI=1S/C27H35Cl2N3O4S/c1-3-24(27(34)30-22-12-8-5-9-13-22)31(17-16-20-10-6-4-7-11-20)26(33)19-32(37(2,35)36)25-15-14-21(28)18-23(25)29/h4,6-7,10-11,14-15,18,22,24H,3,5,8-9,12-13,16-17,19H2,1-2H3,(H,30,34)/t24-/m0/s1. The lowest BCUT2D eigenvalue weighted by atomic mass is 9.95. The van der Waals surface area contributed by atoms with Gasteiger partial charge in [-0.25, -0.2) is 8.42 Å². The molecule has 0 saturated heterocycles. The van der Waals surface area contributed by atoms with Crippen molar-refractivity contribution < 1.29 is 18.0 Å². The third-order valence-corrected chi connectivity index (χ3v) is 8.34. The Bertz CT molecular complexity index is 1170. The van der Waals surface area contributed by atoms with Gasteiger partial charge in [0.1, 0.15) is 12.6 Å². The van der Waals surface area contributed by atoms with Crippen molar-refractivity contribution in [2.45, 2.75) is 64.0 Å². The summed E-state index contributed by atoms with van der Waals surface area (Å²) < 4.78 is 26.4. The fraction of sp³-hybridized carbons (Fsp3) is 0.481. The molecule has 2 aromatic carbocycles. The molecule has 1 atom stereocenters. The maximum atomic E-state index is 13.7. The van der Waals surface area contributed by atoms with Crippen molar-refractivity contribution in [1.29, 1.82) is 0 Å². The number of hydrogen-bond donors (Lipinski definition) is 1. The SMILES string of the molecule is CC[C@@H](C(=O)NC1CCCCC1)N(CCc1ccccc1)C(=O)CN(c1ccc(Cl)cc1Cl)S(C)(=O)=O. The first-order chi connectivity index (χ1) is 17.6. The molecule has 7 nitrogen and oxygen atoms in total. The molecule has 0 aliphatic heterocycles. The van der Waals surface area contributed by atoms with Gasteiger partial charge in [0.05, 0.1) is 17.0 Å². The average Bonchev–Trinajstić information content (AvgIpc) is 2.86. The smallest absolute Gasteiger partial charge is 0.244 e. The molecular weight excluding hydrogens is 533 g/mol. The predicted octanol–water partition coefficient (Wildman–Crippen LogP) is 5.06. The van der Waals surface area contributed by atoms with E-state index in [-0.39, 0.29) is 29.2 Å². The van der Waals surface area contributed by atoms with Crippen LogP contribution in [0.15, 0.2) is 48.5 Å². The lowest BCUT2D eigenvalue weighted by molar-refractivity contribution is -0.140. The van der Waals surface area contributed by atoms with Gasteiger partial charge in [-0.3, -0.25) is 13.9 Å². The summed E-state index contributed by atoms with van der Waals surface area (Å²) in [6, 6.07) is 13.5. The number of nitrogens with zero attached hydrogens (tertiary/aromatic N) is 2. The first-order valence-electron chi connectivity index (χ1n) is 12.7. The van der Waals surface area contributed by atoms with Crippen molar-refractivity contribution in [1.82, 2.24) is 10.2 Å². The predicted molar refractivity (Wildman–Crippen MR) is 150 cm³/mol. The van der Waals surface area contributed by atoms with Crippen LogP contribution in [-0.2, 0) is 26.0 Å². The van der Waals surface area contributed by atoms with Gasteiger partial charge in [0.15, 0.2) is 0 Å². The Balaban J connectivity index is 1.88. The highest BCUT2D eigenvalue weighted by molar-refractivity contribution is 7.92. The Morgan fingerprint density at radius 1 is 1.05 bits per heavy atom. The zero-order valence-corrected chi connectivity index (χ0v) is 23.7. The first-order valence-corrected chi connectivity index (χ1v) is 15.3. The van der Waals surface area contributed by atoms with Gasteiger partial charge in [0.2, 0.25) is 21.8 Å². The lowest BCUT2D eigenvalue weighted by Gasteiger charge is -2.34. The summed E-state index contributed by atoms with van der Waals surface area (Å²) in [5.41, 5.74) is 1.17. The molecule has 0 bridgehead atoms. The van der Waals surface area contributed by atoms with E-state index in [1.165, 1.54) is 29.5 Å². The Morgan fingerprint density at radius 2 is 1.73 bits per heavy atom. The second kappa shape index (κ2) is 13.5. The molecule has 1 N–H and O–H groups in total. The van der Waals surface area contributed by atoms with E-state index in [0.29, 0.717) is 17.9 Å². The fourth-order valence-corrected chi connectivity index (χ4v) is 6.14. The van der Waals surface area contributed by atoms with E-state index in [1.807, 2.05) is 37.3 Å².